The Kier molecular flexibility index (Phi) is 3.06. The topological polar surface area (TPSA) is 62.3 Å². The maximum Gasteiger partial charge on any atom is 0.247 e. The predicted octanol–water partition coefficient (Wildman–Crippen LogP) is 1.02. The minimum Gasteiger partial charge on any atom is -0.299 e. The third kappa shape index (κ3) is 2.38. The molecule has 0 radical (unpaired) electrons. The van der Waals surface area contributed by atoms with E-state index < -0.39 is 0 Å². The molecule has 2 fully saturated rings. The highest BCUT2D eigenvalue weighted by Gasteiger charge is 2.46. The number of amides is 2. The largest absolute Gasteiger partial charge is 0.299 e. The highest BCUT2D eigenvalue weighted by Crippen LogP contribution is 2.32. The first-order valence-corrected chi connectivity index (χ1v) is 6.68. The summed E-state index contributed by atoms with van der Waals surface area (Å²) in [5, 5.41) is 3.25. The number of likely N-dealkylation sites (tertiary alicyclic amines) is 1. The smallest absolute Gasteiger partial charge is 0.247 e. The van der Waals surface area contributed by atoms with Crippen molar-refractivity contribution in [3.8, 4) is 0 Å². The second kappa shape index (κ2) is 4.74. The molecule has 1 aromatic rings. The van der Waals surface area contributed by atoms with Crippen molar-refractivity contribution >= 4 is 11.8 Å². The van der Waals surface area contributed by atoms with Crippen LogP contribution in [0.1, 0.15) is 37.8 Å². The standard InChI is InChI=1S/C14H17N3O2/c1-9(10-4-6-15-7-5-10)16-12-8-13(18)17(14(12)19)11-2-3-11/h4-7,9,11-12,16H,2-3,8H2,1H3. The van der Waals surface area contributed by atoms with Gasteiger partial charge < -0.3 is 0 Å². The molecule has 2 heterocycles. The Hall–Kier alpha value is -1.75. The van der Waals surface area contributed by atoms with Gasteiger partial charge in [0.05, 0.1) is 12.5 Å². The number of hydrogen-bond acceptors (Lipinski definition) is 4. The van der Waals surface area contributed by atoms with Gasteiger partial charge in [-0.3, -0.25) is 24.8 Å². The molecule has 1 aromatic heterocycles. The number of hydrogen-bond donors (Lipinski definition) is 1. The fourth-order valence-electron chi connectivity index (χ4n) is 2.55. The molecule has 0 aromatic carbocycles. The van der Waals surface area contributed by atoms with E-state index in [-0.39, 0.29) is 36.4 Å². The van der Waals surface area contributed by atoms with Gasteiger partial charge in [0.1, 0.15) is 0 Å². The molecule has 1 aliphatic heterocycles. The van der Waals surface area contributed by atoms with Crippen molar-refractivity contribution in [3.05, 3.63) is 30.1 Å². The van der Waals surface area contributed by atoms with E-state index in [4.69, 9.17) is 0 Å². The van der Waals surface area contributed by atoms with Crippen LogP contribution in [0, 0.1) is 0 Å². The summed E-state index contributed by atoms with van der Waals surface area (Å²) in [7, 11) is 0. The Bertz CT molecular complexity index is 499. The molecule has 2 atom stereocenters. The van der Waals surface area contributed by atoms with E-state index in [1.807, 2.05) is 19.1 Å². The Morgan fingerprint density at radius 2 is 2.00 bits per heavy atom. The zero-order valence-electron chi connectivity index (χ0n) is 10.9. The maximum atomic E-state index is 12.2. The van der Waals surface area contributed by atoms with Crippen molar-refractivity contribution in [3.63, 3.8) is 0 Å². The highest BCUT2D eigenvalue weighted by atomic mass is 16.2. The molecule has 2 amide bonds. The van der Waals surface area contributed by atoms with Crippen LogP contribution in [0.3, 0.4) is 0 Å². The molecule has 1 saturated carbocycles. The summed E-state index contributed by atoms with van der Waals surface area (Å²) in [5.41, 5.74) is 1.07. The molecule has 0 spiro atoms. The molecule has 3 rings (SSSR count). The van der Waals surface area contributed by atoms with Crippen molar-refractivity contribution in [1.82, 2.24) is 15.2 Å². The highest BCUT2D eigenvalue weighted by molar-refractivity contribution is 6.06. The van der Waals surface area contributed by atoms with Crippen molar-refractivity contribution in [1.29, 1.82) is 0 Å². The van der Waals surface area contributed by atoms with E-state index in [1.54, 1.807) is 12.4 Å². The normalized spacial score (nSPS) is 24.9. The predicted molar refractivity (Wildman–Crippen MR) is 69.1 cm³/mol. The third-order valence-electron chi connectivity index (χ3n) is 3.75. The fourth-order valence-corrected chi connectivity index (χ4v) is 2.55. The fraction of sp³-hybridized carbons (Fsp3) is 0.500. The van der Waals surface area contributed by atoms with Gasteiger partial charge in [0.25, 0.3) is 0 Å². The molecular formula is C14H17N3O2. The molecule has 5 heteroatoms. The average Bonchev–Trinajstić information content (AvgIpc) is 3.19. The lowest BCUT2D eigenvalue weighted by Crippen LogP contribution is -2.40. The molecule has 1 aliphatic carbocycles. The van der Waals surface area contributed by atoms with Crippen molar-refractivity contribution in [2.45, 2.75) is 44.3 Å². The van der Waals surface area contributed by atoms with Gasteiger partial charge in [-0.05, 0) is 37.5 Å². The molecule has 2 unspecified atom stereocenters. The van der Waals surface area contributed by atoms with Gasteiger partial charge in [0, 0.05) is 24.5 Å². The van der Waals surface area contributed by atoms with E-state index in [0.717, 1.165) is 18.4 Å². The summed E-state index contributed by atoms with van der Waals surface area (Å²) in [4.78, 5) is 29.5. The van der Waals surface area contributed by atoms with Crippen LogP contribution in [0.5, 0.6) is 0 Å². The summed E-state index contributed by atoms with van der Waals surface area (Å²) < 4.78 is 0. The lowest BCUT2D eigenvalue weighted by molar-refractivity contribution is -0.139. The van der Waals surface area contributed by atoms with Gasteiger partial charge in [0.2, 0.25) is 11.8 Å². The second-order valence-electron chi connectivity index (χ2n) is 5.26. The van der Waals surface area contributed by atoms with Crippen LogP contribution >= 0.6 is 0 Å². The molecule has 1 N–H and O–H groups in total. The SMILES string of the molecule is CC(NC1CC(=O)N(C2CC2)C1=O)c1ccncc1. The first-order chi connectivity index (χ1) is 9.16. The minimum absolute atomic E-state index is 0.0314. The monoisotopic (exact) mass is 259 g/mol. The van der Waals surface area contributed by atoms with E-state index in [2.05, 4.69) is 10.3 Å². The van der Waals surface area contributed by atoms with E-state index in [9.17, 15) is 9.59 Å². The van der Waals surface area contributed by atoms with Crippen LogP contribution in [0.25, 0.3) is 0 Å². The molecule has 2 aliphatic rings. The first-order valence-electron chi connectivity index (χ1n) is 6.68. The Balaban J connectivity index is 1.67. The maximum absolute atomic E-state index is 12.2. The average molecular weight is 259 g/mol. The van der Waals surface area contributed by atoms with E-state index >= 15 is 0 Å². The Morgan fingerprint density at radius 3 is 2.63 bits per heavy atom. The molecule has 5 nitrogen and oxygen atoms in total. The van der Waals surface area contributed by atoms with E-state index in [1.165, 1.54) is 4.90 Å². The number of carbonyl (C=O) groups excluding carboxylic acids is 2. The van der Waals surface area contributed by atoms with Gasteiger partial charge in [-0.15, -0.1) is 0 Å². The van der Waals surface area contributed by atoms with Crippen molar-refractivity contribution in [2.24, 2.45) is 0 Å². The van der Waals surface area contributed by atoms with Gasteiger partial charge in [-0.1, -0.05) is 0 Å². The van der Waals surface area contributed by atoms with Crippen LogP contribution in [-0.2, 0) is 9.59 Å². The third-order valence-corrected chi connectivity index (χ3v) is 3.75. The number of aromatic nitrogens is 1. The Morgan fingerprint density at radius 1 is 1.32 bits per heavy atom. The quantitative estimate of drug-likeness (QED) is 0.820. The molecule has 100 valence electrons. The zero-order valence-corrected chi connectivity index (χ0v) is 10.9. The van der Waals surface area contributed by atoms with Gasteiger partial charge in [-0.2, -0.15) is 0 Å². The number of pyridine rings is 1. The van der Waals surface area contributed by atoms with Crippen LogP contribution in [-0.4, -0.2) is 33.8 Å². The molecule has 1 saturated heterocycles. The number of carbonyl (C=O) groups is 2. The summed E-state index contributed by atoms with van der Waals surface area (Å²) in [5.74, 6) is -0.0969. The Labute approximate surface area is 112 Å². The van der Waals surface area contributed by atoms with Gasteiger partial charge in [-0.25, -0.2) is 0 Å². The van der Waals surface area contributed by atoms with Crippen molar-refractivity contribution in [2.75, 3.05) is 0 Å². The van der Waals surface area contributed by atoms with Gasteiger partial charge >= 0.3 is 0 Å². The van der Waals surface area contributed by atoms with Crippen LogP contribution in [0.4, 0.5) is 0 Å². The van der Waals surface area contributed by atoms with Gasteiger partial charge in [0.15, 0.2) is 0 Å². The zero-order chi connectivity index (χ0) is 13.4. The summed E-state index contributed by atoms with van der Waals surface area (Å²) in [6, 6.07) is 3.65. The number of rotatable bonds is 4. The summed E-state index contributed by atoms with van der Waals surface area (Å²) in [6.45, 7) is 1.99. The van der Waals surface area contributed by atoms with Crippen LogP contribution in [0.2, 0.25) is 0 Å². The number of nitrogens with one attached hydrogen (secondary N) is 1. The first kappa shape index (κ1) is 12.3. The number of imide groups is 1. The van der Waals surface area contributed by atoms with Crippen LogP contribution < -0.4 is 5.32 Å². The lowest BCUT2D eigenvalue weighted by Gasteiger charge is -2.19. The summed E-state index contributed by atoms with van der Waals surface area (Å²) in [6.07, 6.45) is 5.66. The number of nitrogens with zero attached hydrogens (tertiary/aromatic N) is 2. The van der Waals surface area contributed by atoms with E-state index in [0.29, 0.717) is 0 Å². The molecular weight excluding hydrogens is 242 g/mol. The minimum atomic E-state index is -0.378. The lowest BCUT2D eigenvalue weighted by atomic mass is 10.1. The van der Waals surface area contributed by atoms with Crippen molar-refractivity contribution < 1.29 is 9.59 Å². The molecule has 0 bridgehead atoms. The summed E-state index contributed by atoms with van der Waals surface area (Å²) >= 11 is 0. The second-order valence-corrected chi connectivity index (χ2v) is 5.26. The molecule has 19 heavy (non-hydrogen) atoms. The van der Waals surface area contributed by atoms with Crippen LogP contribution in [0.15, 0.2) is 24.5 Å².